The molecule has 2 rings (SSSR count). The van der Waals surface area contributed by atoms with E-state index in [-0.39, 0.29) is 4.90 Å². The van der Waals surface area contributed by atoms with E-state index in [9.17, 15) is 13.5 Å². The van der Waals surface area contributed by atoms with Crippen LogP contribution in [0.1, 0.15) is 30.6 Å². The van der Waals surface area contributed by atoms with E-state index in [1.165, 1.54) is 12.4 Å². The predicted molar refractivity (Wildman–Crippen MR) is 73.4 cm³/mol. The Morgan fingerprint density at radius 1 is 1.21 bits per heavy atom. The summed E-state index contributed by atoms with van der Waals surface area (Å²) in [6, 6.07) is 8.32. The molecule has 0 fully saturated rings. The lowest BCUT2D eigenvalue weighted by atomic mass is 10.1. The molecule has 1 unspecified atom stereocenters. The second-order valence-corrected chi connectivity index (χ2v) is 6.36. The van der Waals surface area contributed by atoms with Crippen molar-refractivity contribution in [3.63, 3.8) is 0 Å². The molecule has 0 spiro atoms. The number of aliphatic hydroxyl groups is 1. The number of benzene rings is 1. The molecule has 0 aliphatic rings. The Morgan fingerprint density at radius 3 is 2.42 bits per heavy atom. The Bertz CT molecular complexity index is 656. The number of nitrogens with zero attached hydrogens (tertiary/aromatic N) is 1. The van der Waals surface area contributed by atoms with Gasteiger partial charge in [0.15, 0.2) is 0 Å². The van der Waals surface area contributed by atoms with E-state index in [0.717, 1.165) is 9.54 Å². The van der Waals surface area contributed by atoms with E-state index in [1.54, 1.807) is 30.3 Å². The summed E-state index contributed by atoms with van der Waals surface area (Å²) in [5.74, 6) is 0. The number of hydrogen-bond donors (Lipinski definition) is 1. The van der Waals surface area contributed by atoms with Crippen LogP contribution >= 0.6 is 0 Å². The van der Waals surface area contributed by atoms with Crippen LogP contribution in [-0.4, -0.2) is 17.5 Å². The van der Waals surface area contributed by atoms with E-state index in [4.69, 9.17) is 0 Å². The molecule has 1 heterocycles. The smallest absolute Gasteiger partial charge is 0.267 e. The summed E-state index contributed by atoms with van der Waals surface area (Å²) in [6.45, 7) is 3.75. The van der Waals surface area contributed by atoms with Gasteiger partial charge in [-0.15, -0.1) is 0 Å². The molecule has 0 saturated carbocycles. The fraction of sp³-hybridized carbons (Fsp3) is 0.286. The van der Waals surface area contributed by atoms with E-state index < -0.39 is 16.1 Å². The minimum atomic E-state index is -3.57. The van der Waals surface area contributed by atoms with Gasteiger partial charge in [-0.1, -0.05) is 24.6 Å². The largest absolute Gasteiger partial charge is 0.388 e. The molecule has 2 aromatic rings. The van der Waals surface area contributed by atoms with Gasteiger partial charge in [-0.25, -0.2) is 12.4 Å². The van der Waals surface area contributed by atoms with Crippen molar-refractivity contribution in [1.82, 2.24) is 3.97 Å². The Hall–Kier alpha value is -1.59. The molecule has 0 bridgehead atoms. The van der Waals surface area contributed by atoms with E-state index in [0.29, 0.717) is 12.0 Å². The average molecular weight is 279 g/mol. The van der Waals surface area contributed by atoms with Gasteiger partial charge in [0.05, 0.1) is 11.0 Å². The molecule has 102 valence electrons. The lowest BCUT2D eigenvalue weighted by Gasteiger charge is -2.07. The highest BCUT2D eigenvalue weighted by atomic mass is 32.2. The molecule has 5 heteroatoms. The van der Waals surface area contributed by atoms with E-state index in [2.05, 4.69) is 0 Å². The number of aliphatic hydroxyl groups excluding tert-OH is 1. The zero-order valence-electron chi connectivity index (χ0n) is 10.9. The summed E-state index contributed by atoms with van der Waals surface area (Å²) in [4.78, 5) is 0.242. The van der Waals surface area contributed by atoms with Crippen molar-refractivity contribution >= 4 is 10.0 Å². The van der Waals surface area contributed by atoms with Gasteiger partial charge < -0.3 is 5.11 Å². The van der Waals surface area contributed by atoms with Crippen LogP contribution in [0.4, 0.5) is 0 Å². The second-order valence-electron chi connectivity index (χ2n) is 4.52. The molecule has 0 aliphatic heterocycles. The molecule has 19 heavy (non-hydrogen) atoms. The monoisotopic (exact) mass is 279 g/mol. The summed E-state index contributed by atoms with van der Waals surface area (Å²) in [5, 5.41) is 9.71. The minimum Gasteiger partial charge on any atom is -0.388 e. The zero-order chi connectivity index (χ0) is 14.0. The van der Waals surface area contributed by atoms with Gasteiger partial charge in [0.2, 0.25) is 0 Å². The van der Waals surface area contributed by atoms with Crippen LogP contribution in [0.15, 0.2) is 47.6 Å². The van der Waals surface area contributed by atoms with Gasteiger partial charge in [-0.3, -0.25) is 0 Å². The number of aryl methyl sites for hydroxylation is 1. The number of aromatic nitrogens is 1. The summed E-state index contributed by atoms with van der Waals surface area (Å²) in [6.07, 6.45) is 2.84. The van der Waals surface area contributed by atoms with Crippen molar-refractivity contribution in [2.24, 2.45) is 0 Å². The molecule has 1 atom stereocenters. The van der Waals surface area contributed by atoms with Crippen molar-refractivity contribution in [2.75, 3.05) is 0 Å². The van der Waals surface area contributed by atoms with Crippen molar-refractivity contribution in [2.45, 2.75) is 31.3 Å². The Balaban J connectivity index is 2.39. The third-order valence-corrected chi connectivity index (χ3v) is 4.71. The number of rotatable bonds is 4. The Labute approximate surface area is 113 Å². The second kappa shape index (κ2) is 5.19. The van der Waals surface area contributed by atoms with Crippen LogP contribution in [0.25, 0.3) is 0 Å². The molecule has 0 saturated heterocycles. The molecule has 4 nitrogen and oxygen atoms in total. The third-order valence-electron chi connectivity index (χ3n) is 3.06. The van der Waals surface area contributed by atoms with Crippen LogP contribution in [0, 0.1) is 6.92 Å². The first-order valence-electron chi connectivity index (χ1n) is 6.13. The van der Waals surface area contributed by atoms with E-state index >= 15 is 0 Å². The zero-order valence-corrected chi connectivity index (χ0v) is 11.8. The SMILES string of the molecule is CCC(O)c1ccn(S(=O)(=O)c2ccc(C)cc2)c1. The summed E-state index contributed by atoms with van der Waals surface area (Å²) < 4.78 is 25.8. The molecule has 0 aliphatic carbocycles. The third kappa shape index (κ3) is 2.72. The van der Waals surface area contributed by atoms with Gasteiger partial charge >= 0.3 is 0 Å². The summed E-state index contributed by atoms with van der Waals surface area (Å²) >= 11 is 0. The normalized spacial score (nSPS) is 13.4. The van der Waals surface area contributed by atoms with Crippen molar-refractivity contribution in [3.05, 3.63) is 53.9 Å². The highest BCUT2D eigenvalue weighted by Crippen LogP contribution is 2.20. The maximum absolute atomic E-state index is 12.4. The first-order chi connectivity index (χ1) is 8.95. The van der Waals surface area contributed by atoms with Crippen LogP contribution < -0.4 is 0 Å². The van der Waals surface area contributed by atoms with Gasteiger partial charge in [0.25, 0.3) is 10.0 Å². The summed E-state index contributed by atoms with van der Waals surface area (Å²) in [7, 11) is -3.57. The highest BCUT2D eigenvalue weighted by molar-refractivity contribution is 7.90. The van der Waals surface area contributed by atoms with Crippen LogP contribution in [-0.2, 0) is 10.0 Å². The fourth-order valence-corrected chi connectivity index (χ4v) is 3.01. The topological polar surface area (TPSA) is 59.3 Å². The lowest BCUT2D eigenvalue weighted by molar-refractivity contribution is 0.174. The molecule has 1 aromatic heterocycles. The quantitative estimate of drug-likeness (QED) is 0.935. The van der Waals surface area contributed by atoms with Gasteiger partial charge in [-0.2, -0.15) is 0 Å². The maximum Gasteiger partial charge on any atom is 0.267 e. The molecule has 1 aromatic carbocycles. The molecular weight excluding hydrogens is 262 g/mol. The molecule has 1 N–H and O–H groups in total. The maximum atomic E-state index is 12.4. The van der Waals surface area contributed by atoms with E-state index in [1.807, 2.05) is 13.8 Å². The first kappa shape index (κ1) is 13.8. The van der Waals surface area contributed by atoms with Gasteiger partial charge in [0, 0.05) is 12.4 Å². The lowest BCUT2D eigenvalue weighted by Crippen LogP contribution is -2.11. The predicted octanol–water partition coefficient (Wildman–Crippen LogP) is 2.48. The van der Waals surface area contributed by atoms with Crippen molar-refractivity contribution in [3.8, 4) is 0 Å². The minimum absolute atomic E-state index is 0.242. The van der Waals surface area contributed by atoms with Crippen molar-refractivity contribution < 1.29 is 13.5 Å². The molecular formula is C14H17NO3S. The van der Waals surface area contributed by atoms with Crippen molar-refractivity contribution in [1.29, 1.82) is 0 Å². The van der Waals surface area contributed by atoms with Gasteiger partial charge in [-0.05, 0) is 37.1 Å². The molecule has 0 radical (unpaired) electrons. The highest BCUT2D eigenvalue weighted by Gasteiger charge is 2.17. The van der Waals surface area contributed by atoms with Crippen LogP contribution in [0.2, 0.25) is 0 Å². The fourth-order valence-electron chi connectivity index (χ4n) is 1.81. The van der Waals surface area contributed by atoms with Crippen LogP contribution in [0.5, 0.6) is 0 Å². The number of hydrogen-bond acceptors (Lipinski definition) is 3. The molecule has 0 amide bonds. The first-order valence-corrected chi connectivity index (χ1v) is 7.57. The van der Waals surface area contributed by atoms with Gasteiger partial charge in [0.1, 0.15) is 0 Å². The standard InChI is InChI=1S/C14H17NO3S/c1-3-14(16)12-8-9-15(10-12)19(17,18)13-6-4-11(2)5-7-13/h4-10,14,16H,3H2,1-2H3. The Morgan fingerprint density at radius 2 is 1.84 bits per heavy atom. The summed E-state index contributed by atoms with van der Waals surface area (Å²) in [5.41, 5.74) is 1.62. The Kier molecular flexibility index (Phi) is 3.78. The van der Waals surface area contributed by atoms with Crippen LogP contribution in [0.3, 0.4) is 0 Å². The average Bonchev–Trinajstić information content (AvgIpc) is 2.88.